The number of rotatable bonds is 3. The molecule has 2 N–H and O–H groups in total. The van der Waals surface area contributed by atoms with Crippen molar-refractivity contribution in [1.29, 1.82) is 0 Å². The molecule has 0 aromatic heterocycles. The van der Waals surface area contributed by atoms with Crippen LogP contribution < -0.4 is 10.6 Å². The van der Waals surface area contributed by atoms with E-state index < -0.39 is 0 Å². The number of ether oxygens (including phenoxy) is 1. The van der Waals surface area contributed by atoms with Gasteiger partial charge in [-0.3, -0.25) is 0 Å². The Balaban J connectivity index is 2.28. The van der Waals surface area contributed by atoms with Gasteiger partial charge in [0, 0.05) is 25.7 Å². The molecule has 1 aliphatic rings. The van der Waals surface area contributed by atoms with Crippen molar-refractivity contribution in [1.82, 2.24) is 0 Å². The summed E-state index contributed by atoms with van der Waals surface area (Å²) in [6.07, 6.45) is 1.64. The van der Waals surface area contributed by atoms with E-state index >= 15 is 0 Å². The first-order valence-electron chi connectivity index (χ1n) is 6.54. The molecule has 3 nitrogen and oxygen atoms in total. The van der Waals surface area contributed by atoms with Crippen molar-refractivity contribution in [3.63, 3.8) is 0 Å². The molecule has 1 aromatic carbocycles. The highest BCUT2D eigenvalue weighted by Crippen LogP contribution is 2.26. The molecule has 100 valence electrons. The van der Waals surface area contributed by atoms with Crippen molar-refractivity contribution in [3.05, 3.63) is 29.6 Å². The Morgan fingerprint density at radius 2 is 2.22 bits per heavy atom. The van der Waals surface area contributed by atoms with Crippen LogP contribution >= 0.6 is 0 Å². The average molecular weight is 252 g/mol. The monoisotopic (exact) mass is 252 g/mol. The molecule has 1 unspecified atom stereocenters. The number of hydrogen-bond donors (Lipinski definition) is 1. The van der Waals surface area contributed by atoms with Crippen LogP contribution in [-0.2, 0) is 11.2 Å². The van der Waals surface area contributed by atoms with Crippen LogP contribution in [0.1, 0.15) is 18.9 Å². The number of hydrogen-bond acceptors (Lipinski definition) is 3. The second-order valence-corrected chi connectivity index (χ2v) is 4.88. The van der Waals surface area contributed by atoms with Crippen LogP contribution in [0.25, 0.3) is 0 Å². The minimum atomic E-state index is -0.157. The zero-order valence-electron chi connectivity index (χ0n) is 10.9. The molecule has 4 heteroatoms. The molecule has 1 aromatic rings. The van der Waals surface area contributed by atoms with Gasteiger partial charge in [0.15, 0.2) is 0 Å². The van der Waals surface area contributed by atoms with Crippen molar-refractivity contribution < 1.29 is 9.13 Å². The molecule has 1 heterocycles. The van der Waals surface area contributed by atoms with Crippen LogP contribution in [0.5, 0.6) is 0 Å². The Labute approximate surface area is 108 Å². The SMILES string of the molecule is CC(N)Cc1cccc(F)c1N1CCCOCC1. The second kappa shape index (κ2) is 6.16. The topological polar surface area (TPSA) is 38.5 Å². The zero-order valence-corrected chi connectivity index (χ0v) is 10.9. The fourth-order valence-electron chi connectivity index (χ4n) is 2.40. The standard InChI is InChI=1S/C14H21FN2O/c1-11(16)10-12-4-2-5-13(15)14(12)17-6-3-8-18-9-7-17/h2,4-5,11H,3,6-10,16H2,1H3. The lowest BCUT2D eigenvalue weighted by molar-refractivity contribution is 0.152. The third-order valence-corrected chi connectivity index (χ3v) is 3.15. The number of nitrogens with two attached hydrogens (primary N) is 1. The largest absolute Gasteiger partial charge is 0.380 e. The van der Waals surface area contributed by atoms with E-state index in [4.69, 9.17) is 10.5 Å². The lowest BCUT2D eigenvalue weighted by atomic mass is 10.0. The Bertz CT molecular complexity index is 387. The van der Waals surface area contributed by atoms with Crippen molar-refractivity contribution in [2.75, 3.05) is 31.2 Å². The van der Waals surface area contributed by atoms with E-state index in [1.165, 1.54) is 6.07 Å². The van der Waals surface area contributed by atoms with E-state index in [2.05, 4.69) is 4.90 Å². The van der Waals surface area contributed by atoms with Gasteiger partial charge in [0.1, 0.15) is 5.82 Å². The van der Waals surface area contributed by atoms with Gasteiger partial charge in [-0.05, 0) is 31.4 Å². The summed E-state index contributed by atoms with van der Waals surface area (Å²) in [7, 11) is 0. The number of anilines is 1. The molecular weight excluding hydrogens is 231 g/mol. The molecule has 0 radical (unpaired) electrons. The minimum absolute atomic E-state index is 0.0359. The molecule has 18 heavy (non-hydrogen) atoms. The van der Waals surface area contributed by atoms with Crippen molar-refractivity contribution in [2.45, 2.75) is 25.8 Å². The van der Waals surface area contributed by atoms with Crippen LogP contribution in [0.4, 0.5) is 10.1 Å². The maximum atomic E-state index is 14.1. The first-order chi connectivity index (χ1) is 8.68. The number of halogens is 1. The van der Waals surface area contributed by atoms with Gasteiger partial charge in [-0.25, -0.2) is 4.39 Å². The predicted molar refractivity (Wildman–Crippen MR) is 71.4 cm³/mol. The summed E-state index contributed by atoms with van der Waals surface area (Å²) in [6, 6.07) is 5.28. The molecule has 0 aliphatic carbocycles. The minimum Gasteiger partial charge on any atom is -0.380 e. The molecule has 0 amide bonds. The summed E-state index contributed by atoms with van der Waals surface area (Å²) >= 11 is 0. The van der Waals surface area contributed by atoms with Gasteiger partial charge in [-0.2, -0.15) is 0 Å². The van der Waals surface area contributed by atoms with Gasteiger partial charge in [-0.15, -0.1) is 0 Å². The van der Waals surface area contributed by atoms with Gasteiger partial charge < -0.3 is 15.4 Å². The van der Waals surface area contributed by atoms with E-state index in [1.807, 2.05) is 13.0 Å². The summed E-state index contributed by atoms with van der Waals surface area (Å²) in [5.41, 5.74) is 7.54. The highest BCUT2D eigenvalue weighted by molar-refractivity contribution is 5.55. The van der Waals surface area contributed by atoms with E-state index in [9.17, 15) is 4.39 Å². The number of benzene rings is 1. The molecule has 1 atom stereocenters. The van der Waals surface area contributed by atoms with Crippen LogP contribution in [0.2, 0.25) is 0 Å². The molecular formula is C14H21FN2O. The first kappa shape index (κ1) is 13.3. The lowest BCUT2D eigenvalue weighted by Crippen LogP contribution is -2.29. The Kier molecular flexibility index (Phi) is 4.55. The van der Waals surface area contributed by atoms with Crippen LogP contribution in [0, 0.1) is 5.82 Å². The number of para-hydroxylation sites is 1. The smallest absolute Gasteiger partial charge is 0.146 e. The van der Waals surface area contributed by atoms with Gasteiger partial charge >= 0.3 is 0 Å². The lowest BCUT2D eigenvalue weighted by Gasteiger charge is -2.26. The molecule has 2 rings (SSSR count). The first-order valence-corrected chi connectivity index (χ1v) is 6.54. The van der Waals surface area contributed by atoms with E-state index in [0.717, 1.165) is 31.7 Å². The predicted octanol–water partition coefficient (Wildman–Crippen LogP) is 1.94. The maximum absolute atomic E-state index is 14.1. The third-order valence-electron chi connectivity index (χ3n) is 3.15. The molecule has 0 spiro atoms. The van der Waals surface area contributed by atoms with Crippen molar-refractivity contribution >= 4 is 5.69 Å². The highest BCUT2D eigenvalue weighted by Gasteiger charge is 2.18. The summed E-state index contributed by atoms with van der Waals surface area (Å²) in [6.45, 7) is 4.94. The van der Waals surface area contributed by atoms with Gasteiger partial charge in [-0.1, -0.05) is 12.1 Å². The van der Waals surface area contributed by atoms with Crippen molar-refractivity contribution in [2.24, 2.45) is 5.73 Å². The highest BCUT2D eigenvalue weighted by atomic mass is 19.1. The maximum Gasteiger partial charge on any atom is 0.146 e. The molecule has 1 fully saturated rings. The summed E-state index contributed by atoms with van der Waals surface area (Å²) in [5.74, 6) is -0.157. The zero-order chi connectivity index (χ0) is 13.0. The van der Waals surface area contributed by atoms with Gasteiger partial charge in [0.25, 0.3) is 0 Å². The summed E-state index contributed by atoms with van der Waals surface area (Å²) in [5, 5.41) is 0. The number of nitrogens with zero attached hydrogens (tertiary/aromatic N) is 1. The Morgan fingerprint density at radius 3 is 3.00 bits per heavy atom. The van der Waals surface area contributed by atoms with Crippen LogP contribution in [0.3, 0.4) is 0 Å². The molecule has 1 saturated heterocycles. The van der Waals surface area contributed by atoms with Gasteiger partial charge in [0.2, 0.25) is 0 Å². The normalized spacial score (nSPS) is 18.5. The van der Waals surface area contributed by atoms with Crippen molar-refractivity contribution in [3.8, 4) is 0 Å². The Hall–Kier alpha value is -1.13. The molecule has 1 aliphatic heterocycles. The average Bonchev–Trinajstić information content (AvgIpc) is 2.57. The molecule has 0 bridgehead atoms. The summed E-state index contributed by atoms with van der Waals surface area (Å²) < 4.78 is 19.5. The van der Waals surface area contributed by atoms with E-state index in [0.29, 0.717) is 18.7 Å². The second-order valence-electron chi connectivity index (χ2n) is 4.88. The van der Waals surface area contributed by atoms with E-state index in [-0.39, 0.29) is 11.9 Å². The fourth-order valence-corrected chi connectivity index (χ4v) is 2.40. The quantitative estimate of drug-likeness (QED) is 0.893. The summed E-state index contributed by atoms with van der Waals surface area (Å²) in [4.78, 5) is 2.08. The van der Waals surface area contributed by atoms with E-state index in [1.54, 1.807) is 6.07 Å². The third kappa shape index (κ3) is 3.21. The van der Waals surface area contributed by atoms with Gasteiger partial charge in [0.05, 0.1) is 12.3 Å². The fraction of sp³-hybridized carbons (Fsp3) is 0.571. The van der Waals surface area contributed by atoms with Crippen LogP contribution in [0.15, 0.2) is 18.2 Å². The molecule has 0 saturated carbocycles. The van der Waals surface area contributed by atoms with Crippen LogP contribution in [-0.4, -0.2) is 32.3 Å². The Morgan fingerprint density at radius 1 is 1.39 bits per heavy atom.